The molecule has 0 amide bonds. The smallest absolute Gasteiger partial charge is 0.146 e. The lowest BCUT2D eigenvalue weighted by Gasteiger charge is -2.30. The van der Waals surface area contributed by atoms with E-state index in [1.165, 1.54) is 70.8 Å². The van der Waals surface area contributed by atoms with Crippen LogP contribution in [0.3, 0.4) is 0 Å². The van der Waals surface area contributed by atoms with Crippen molar-refractivity contribution in [3.63, 3.8) is 0 Å². The number of unbranched alkanes of at least 4 members (excludes halogenated alkanes) is 10. The number of halogens is 1. The van der Waals surface area contributed by atoms with Crippen molar-refractivity contribution in [3.05, 3.63) is 24.0 Å². The van der Waals surface area contributed by atoms with Crippen molar-refractivity contribution in [1.29, 1.82) is 0 Å². The van der Waals surface area contributed by atoms with Crippen LogP contribution in [0.15, 0.2) is 18.3 Å². The summed E-state index contributed by atoms with van der Waals surface area (Å²) in [5.74, 6) is 0.972. The number of pyridine rings is 1. The van der Waals surface area contributed by atoms with Gasteiger partial charge in [0.2, 0.25) is 0 Å². The van der Waals surface area contributed by atoms with Crippen LogP contribution in [0.1, 0.15) is 96.6 Å². The molecule has 1 heterocycles. The monoisotopic (exact) mass is 412 g/mol. The minimum Gasteiger partial charge on any atom is -1.00 e. The van der Waals surface area contributed by atoms with Crippen molar-refractivity contribution in [2.75, 3.05) is 27.2 Å². The van der Waals surface area contributed by atoms with Gasteiger partial charge in [-0.15, -0.1) is 0 Å². The van der Waals surface area contributed by atoms with E-state index in [0.717, 1.165) is 41.9 Å². The number of ether oxygens (including phenoxy) is 1. The fraction of sp³-hybridized carbons (Fsp3) is 0.792. The molecule has 3 nitrogen and oxygen atoms in total. The predicted octanol–water partition coefficient (Wildman–Crippen LogP) is 3.76. The summed E-state index contributed by atoms with van der Waals surface area (Å²) in [5, 5.41) is 0. The SMILES string of the molecule is CCCCCCCCCCCC[N+](C)(C)Cc1ncccc1OCCCC.[Cl-]. The molecule has 0 aliphatic rings. The minimum atomic E-state index is 0. The molecule has 0 saturated heterocycles. The van der Waals surface area contributed by atoms with Gasteiger partial charge in [0.25, 0.3) is 0 Å². The van der Waals surface area contributed by atoms with Crippen LogP contribution in [0.4, 0.5) is 0 Å². The number of nitrogens with zero attached hydrogens (tertiary/aromatic N) is 2. The van der Waals surface area contributed by atoms with Crippen molar-refractivity contribution >= 4 is 0 Å². The fourth-order valence-corrected chi connectivity index (χ4v) is 3.51. The number of quaternary nitrogens is 1. The summed E-state index contributed by atoms with van der Waals surface area (Å²) >= 11 is 0. The van der Waals surface area contributed by atoms with Crippen LogP contribution in [0, 0.1) is 0 Å². The summed E-state index contributed by atoms with van der Waals surface area (Å²) in [5.41, 5.74) is 1.10. The van der Waals surface area contributed by atoms with Crippen molar-refractivity contribution in [1.82, 2.24) is 4.98 Å². The third-order valence-corrected chi connectivity index (χ3v) is 5.30. The summed E-state index contributed by atoms with van der Waals surface area (Å²) < 4.78 is 6.94. The third kappa shape index (κ3) is 13.4. The van der Waals surface area contributed by atoms with Gasteiger partial charge in [0, 0.05) is 6.20 Å². The van der Waals surface area contributed by atoms with Crippen LogP contribution < -0.4 is 17.1 Å². The second-order valence-electron chi connectivity index (χ2n) is 8.65. The van der Waals surface area contributed by atoms with E-state index in [2.05, 4.69) is 39.0 Å². The predicted molar refractivity (Wildman–Crippen MR) is 117 cm³/mol. The average molecular weight is 413 g/mol. The Balaban J connectivity index is 0.00000729. The fourth-order valence-electron chi connectivity index (χ4n) is 3.51. The molecule has 0 radical (unpaired) electrons. The molecule has 0 unspecified atom stereocenters. The highest BCUT2D eigenvalue weighted by molar-refractivity contribution is 5.26. The van der Waals surface area contributed by atoms with E-state index in [-0.39, 0.29) is 12.4 Å². The summed E-state index contributed by atoms with van der Waals surface area (Å²) in [6.07, 6.45) is 18.1. The molecule has 0 fully saturated rings. The van der Waals surface area contributed by atoms with Gasteiger partial charge in [0.1, 0.15) is 18.0 Å². The number of hydrogen-bond donors (Lipinski definition) is 0. The maximum absolute atomic E-state index is 5.96. The Bertz CT molecular complexity index is 479. The van der Waals surface area contributed by atoms with E-state index in [4.69, 9.17) is 4.74 Å². The lowest BCUT2D eigenvalue weighted by Crippen LogP contribution is -3.00. The Kier molecular flexibility index (Phi) is 16.6. The first kappa shape index (κ1) is 27.2. The molecule has 0 spiro atoms. The van der Waals surface area contributed by atoms with Gasteiger partial charge in [-0.2, -0.15) is 0 Å². The van der Waals surface area contributed by atoms with Gasteiger partial charge in [-0.3, -0.25) is 4.98 Å². The first-order valence-electron chi connectivity index (χ1n) is 11.5. The van der Waals surface area contributed by atoms with Crippen LogP contribution >= 0.6 is 0 Å². The summed E-state index contributed by atoms with van der Waals surface area (Å²) in [7, 11) is 4.64. The van der Waals surface area contributed by atoms with Gasteiger partial charge in [-0.1, -0.05) is 71.6 Å². The highest BCUT2D eigenvalue weighted by atomic mass is 35.5. The Morgan fingerprint density at radius 3 is 2.00 bits per heavy atom. The highest BCUT2D eigenvalue weighted by Crippen LogP contribution is 2.20. The molecule has 0 atom stereocenters. The second-order valence-corrected chi connectivity index (χ2v) is 8.65. The van der Waals surface area contributed by atoms with E-state index in [1.807, 2.05) is 12.3 Å². The molecule has 0 bridgehead atoms. The first-order chi connectivity index (χ1) is 13.1. The highest BCUT2D eigenvalue weighted by Gasteiger charge is 2.19. The number of rotatable bonds is 17. The Morgan fingerprint density at radius 1 is 0.821 bits per heavy atom. The maximum Gasteiger partial charge on any atom is 0.146 e. The van der Waals surface area contributed by atoms with Crippen LogP contribution in [-0.4, -0.2) is 36.7 Å². The van der Waals surface area contributed by atoms with E-state index >= 15 is 0 Å². The number of hydrogen-bond acceptors (Lipinski definition) is 2. The molecule has 4 heteroatoms. The molecule has 28 heavy (non-hydrogen) atoms. The number of aromatic nitrogens is 1. The van der Waals surface area contributed by atoms with Crippen molar-refractivity contribution < 1.29 is 21.6 Å². The van der Waals surface area contributed by atoms with E-state index in [9.17, 15) is 0 Å². The second kappa shape index (κ2) is 17.1. The molecule has 1 rings (SSSR count). The Labute approximate surface area is 181 Å². The topological polar surface area (TPSA) is 22.1 Å². The average Bonchev–Trinajstić information content (AvgIpc) is 2.64. The van der Waals surface area contributed by atoms with Gasteiger partial charge in [-0.25, -0.2) is 0 Å². The Morgan fingerprint density at radius 2 is 1.39 bits per heavy atom. The summed E-state index contributed by atoms with van der Waals surface area (Å²) in [6.45, 7) is 7.43. The van der Waals surface area contributed by atoms with Crippen LogP contribution in [-0.2, 0) is 6.54 Å². The molecular weight excluding hydrogens is 368 g/mol. The van der Waals surface area contributed by atoms with Crippen LogP contribution in [0.2, 0.25) is 0 Å². The van der Waals surface area contributed by atoms with Crippen LogP contribution in [0.5, 0.6) is 5.75 Å². The zero-order chi connectivity index (χ0) is 19.8. The zero-order valence-corrected chi connectivity index (χ0v) is 19.8. The quantitative estimate of drug-likeness (QED) is 0.287. The molecule has 0 aliphatic heterocycles. The molecule has 1 aromatic rings. The normalized spacial score (nSPS) is 11.3. The molecule has 0 aromatic carbocycles. The van der Waals surface area contributed by atoms with Crippen molar-refractivity contribution in [2.45, 2.75) is 97.4 Å². The maximum atomic E-state index is 5.96. The Hall–Kier alpha value is -0.800. The molecular formula is C24H45ClN2O. The lowest BCUT2D eigenvalue weighted by molar-refractivity contribution is -0.904. The van der Waals surface area contributed by atoms with Crippen LogP contribution in [0.25, 0.3) is 0 Å². The minimum absolute atomic E-state index is 0. The summed E-state index contributed by atoms with van der Waals surface area (Å²) in [6, 6.07) is 4.05. The summed E-state index contributed by atoms with van der Waals surface area (Å²) in [4.78, 5) is 4.60. The molecule has 0 saturated carbocycles. The van der Waals surface area contributed by atoms with Gasteiger partial charge in [0.15, 0.2) is 0 Å². The molecule has 164 valence electrons. The van der Waals surface area contributed by atoms with Gasteiger partial charge < -0.3 is 21.6 Å². The molecule has 0 aliphatic carbocycles. The molecule has 0 N–H and O–H groups in total. The lowest BCUT2D eigenvalue weighted by atomic mass is 10.1. The van der Waals surface area contributed by atoms with Crippen molar-refractivity contribution in [3.8, 4) is 5.75 Å². The zero-order valence-electron chi connectivity index (χ0n) is 19.0. The third-order valence-electron chi connectivity index (χ3n) is 5.30. The standard InChI is InChI=1S/C24H45N2O.ClH/c1-5-7-9-10-11-12-13-14-15-16-20-26(3,4)22-23-24(18-17-19-25-23)27-21-8-6-2;/h17-19H,5-16,20-22H2,1-4H3;1H/q+1;/p-1. The van der Waals surface area contributed by atoms with E-state index < -0.39 is 0 Å². The first-order valence-corrected chi connectivity index (χ1v) is 11.5. The largest absolute Gasteiger partial charge is 1.00 e. The van der Waals surface area contributed by atoms with Crippen molar-refractivity contribution in [2.24, 2.45) is 0 Å². The van der Waals surface area contributed by atoms with Gasteiger partial charge in [0.05, 0.1) is 27.2 Å². The van der Waals surface area contributed by atoms with E-state index in [0.29, 0.717) is 0 Å². The van der Waals surface area contributed by atoms with E-state index in [1.54, 1.807) is 0 Å². The van der Waals surface area contributed by atoms with Gasteiger partial charge >= 0.3 is 0 Å². The molecule has 1 aromatic heterocycles. The van der Waals surface area contributed by atoms with Gasteiger partial charge in [-0.05, 0) is 31.4 Å².